The molecule has 0 aliphatic heterocycles. The number of hydrogen-bond acceptors (Lipinski definition) is 1. The van der Waals surface area contributed by atoms with Crippen molar-refractivity contribution in [3.05, 3.63) is 187 Å². The molecule has 0 saturated carbocycles. The number of nitrogens with zero attached hydrogens (tertiary/aromatic N) is 1. The quantitative estimate of drug-likeness (QED) is 0.162. The van der Waals surface area contributed by atoms with Gasteiger partial charge in [-0.2, -0.15) is 0 Å². The Bertz CT molecular complexity index is 2790. The Hall–Kier alpha value is -6.51. The van der Waals surface area contributed by atoms with Crippen molar-refractivity contribution in [1.82, 2.24) is 4.57 Å². The number of carbonyl (C=O) groups is 1. The van der Waals surface area contributed by atoms with Crippen molar-refractivity contribution < 1.29 is 4.79 Å². The van der Waals surface area contributed by atoms with E-state index in [1.807, 2.05) is 12.1 Å². The van der Waals surface area contributed by atoms with E-state index in [0.717, 1.165) is 33.4 Å². The number of rotatable bonds is 6. The fraction of sp³-hybridized carbons (Fsp3) is 0.0600. The first-order chi connectivity index (χ1) is 25.5. The summed E-state index contributed by atoms with van der Waals surface area (Å²) in [7, 11) is 0. The molecule has 0 saturated heterocycles. The molecule has 9 aromatic rings. The van der Waals surface area contributed by atoms with E-state index >= 15 is 0 Å². The highest BCUT2D eigenvalue weighted by molar-refractivity contribution is 6.11. The first kappa shape index (κ1) is 31.5. The summed E-state index contributed by atoms with van der Waals surface area (Å²) in [6, 6.07) is 60.6. The molecular formula is C50H37NO. The van der Waals surface area contributed by atoms with Crippen LogP contribution in [-0.4, -0.2) is 10.4 Å². The molecule has 0 unspecified atom stereocenters. The van der Waals surface area contributed by atoms with E-state index in [1.165, 1.54) is 66.1 Å². The first-order valence-electron chi connectivity index (χ1n) is 17.9. The molecule has 0 atom stereocenters. The van der Waals surface area contributed by atoms with Gasteiger partial charge in [-0.15, -0.1) is 0 Å². The van der Waals surface area contributed by atoms with Crippen LogP contribution in [0, 0.1) is 13.8 Å². The van der Waals surface area contributed by atoms with Gasteiger partial charge in [0.05, 0.1) is 16.7 Å². The molecule has 2 heteroatoms. The van der Waals surface area contributed by atoms with Crippen molar-refractivity contribution >= 4 is 38.4 Å². The minimum Gasteiger partial charge on any atom is -0.309 e. The number of ketones is 1. The molecule has 2 nitrogen and oxygen atoms in total. The number of carbonyl (C=O) groups excluding carboxylic acids is 1. The molecule has 248 valence electrons. The summed E-state index contributed by atoms with van der Waals surface area (Å²) in [6.45, 7) is 6.02. The predicted molar refractivity (Wildman–Crippen MR) is 220 cm³/mol. The summed E-state index contributed by atoms with van der Waals surface area (Å²) in [5, 5.41) is 4.93. The van der Waals surface area contributed by atoms with Crippen LogP contribution >= 0.6 is 0 Å². The Labute approximate surface area is 304 Å². The number of aryl methyl sites for hydroxylation is 1. The van der Waals surface area contributed by atoms with Crippen LogP contribution in [-0.2, 0) is 0 Å². The second-order valence-corrected chi connectivity index (χ2v) is 13.8. The largest absolute Gasteiger partial charge is 0.309 e. The number of para-hydroxylation sites is 2. The molecule has 0 spiro atoms. The van der Waals surface area contributed by atoms with E-state index in [1.54, 1.807) is 6.92 Å². The van der Waals surface area contributed by atoms with E-state index < -0.39 is 0 Å². The van der Waals surface area contributed by atoms with Gasteiger partial charge < -0.3 is 4.57 Å². The van der Waals surface area contributed by atoms with Crippen molar-refractivity contribution in [2.45, 2.75) is 20.8 Å². The fourth-order valence-corrected chi connectivity index (χ4v) is 8.01. The monoisotopic (exact) mass is 667 g/mol. The van der Waals surface area contributed by atoms with Gasteiger partial charge in [-0.1, -0.05) is 133 Å². The van der Waals surface area contributed by atoms with Crippen molar-refractivity contribution in [2.24, 2.45) is 0 Å². The lowest BCUT2D eigenvalue weighted by molar-refractivity contribution is 0.101. The van der Waals surface area contributed by atoms with E-state index in [-0.39, 0.29) is 5.78 Å². The average Bonchev–Trinajstić information content (AvgIpc) is 3.52. The third-order valence-corrected chi connectivity index (χ3v) is 10.7. The molecule has 0 amide bonds. The lowest BCUT2D eigenvalue weighted by Gasteiger charge is -2.18. The second-order valence-electron chi connectivity index (χ2n) is 13.8. The van der Waals surface area contributed by atoms with Crippen LogP contribution in [0.3, 0.4) is 0 Å². The van der Waals surface area contributed by atoms with Crippen LogP contribution in [0.4, 0.5) is 0 Å². The third kappa shape index (κ3) is 5.23. The highest BCUT2D eigenvalue weighted by Gasteiger charge is 2.18. The van der Waals surface area contributed by atoms with Gasteiger partial charge in [0, 0.05) is 21.7 Å². The summed E-state index contributed by atoms with van der Waals surface area (Å²) in [5.41, 5.74) is 15.7. The Morgan fingerprint density at radius 3 is 1.75 bits per heavy atom. The average molecular weight is 668 g/mol. The first-order valence-corrected chi connectivity index (χ1v) is 17.9. The molecule has 1 aromatic heterocycles. The Kier molecular flexibility index (Phi) is 7.67. The van der Waals surface area contributed by atoms with Crippen LogP contribution < -0.4 is 0 Å². The summed E-state index contributed by atoms with van der Waals surface area (Å²) >= 11 is 0. The Morgan fingerprint density at radius 2 is 1.02 bits per heavy atom. The fourth-order valence-electron chi connectivity index (χ4n) is 8.01. The minimum absolute atomic E-state index is 0.0640. The second kappa shape index (κ2) is 12.7. The van der Waals surface area contributed by atoms with Gasteiger partial charge >= 0.3 is 0 Å². The molecule has 0 N–H and O–H groups in total. The predicted octanol–water partition coefficient (Wildman–Crippen LogP) is 13.4. The molecule has 1 heterocycles. The summed E-state index contributed by atoms with van der Waals surface area (Å²) < 4.78 is 2.41. The van der Waals surface area contributed by atoms with Gasteiger partial charge in [0.25, 0.3) is 0 Å². The lowest BCUT2D eigenvalue weighted by atomic mass is 9.86. The van der Waals surface area contributed by atoms with Crippen molar-refractivity contribution in [2.75, 3.05) is 0 Å². The number of benzene rings is 8. The van der Waals surface area contributed by atoms with Gasteiger partial charge in [-0.3, -0.25) is 4.79 Å². The molecular weight excluding hydrogens is 631 g/mol. The number of aromatic nitrogens is 1. The Balaban J connectivity index is 1.18. The maximum Gasteiger partial charge on any atom is 0.160 e. The zero-order chi connectivity index (χ0) is 35.3. The summed E-state index contributed by atoms with van der Waals surface area (Å²) in [4.78, 5) is 12.9. The van der Waals surface area contributed by atoms with E-state index in [0.29, 0.717) is 0 Å². The zero-order valence-electron chi connectivity index (χ0n) is 29.5. The molecule has 0 fully saturated rings. The van der Waals surface area contributed by atoms with E-state index in [4.69, 9.17) is 0 Å². The molecule has 0 aliphatic rings. The van der Waals surface area contributed by atoms with Crippen LogP contribution in [0.25, 0.3) is 82.8 Å². The molecule has 8 aromatic carbocycles. The van der Waals surface area contributed by atoms with Crippen molar-refractivity contribution in [1.29, 1.82) is 0 Å². The number of Topliss-reactive ketones (excluding diaryl/α,β-unsaturated/α-hetero) is 1. The zero-order valence-corrected chi connectivity index (χ0v) is 29.5. The van der Waals surface area contributed by atoms with Crippen LogP contribution in [0.1, 0.15) is 28.4 Å². The molecule has 9 rings (SSSR count). The molecule has 0 bridgehead atoms. The van der Waals surface area contributed by atoms with Crippen LogP contribution in [0.5, 0.6) is 0 Å². The van der Waals surface area contributed by atoms with Gasteiger partial charge in [0.2, 0.25) is 0 Å². The van der Waals surface area contributed by atoms with Crippen LogP contribution in [0.15, 0.2) is 170 Å². The normalized spacial score (nSPS) is 11.4. The molecule has 0 radical (unpaired) electrons. The van der Waals surface area contributed by atoms with Gasteiger partial charge in [-0.05, 0) is 118 Å². The SMILES string of the molecule is CC(=O)c1ccc(-c2ccccc2)cc1-c1cccc(-c2cc(-c3ccc4cccc(-n5c6ccccc6c6ccccc65)c4c3)ccc2C)c1C. The maximum absolute atomic E-state index is 12.9. The Morgan fingerprint density at radius 1 is 0.442 bits per heavy atom. The number of fused-ring (bicyclic) bond motifs is 4. The van der Waals surface area contributed by atoms with E-state index in [2.05, 4.69) is 176 Å². The minimum atomic E-state index is 0.0640. The highest BCUT2D eigenvalue weighted by atomic mass is 16.1. The number of hydrogen-bond donors (Lipinski definition) is 0. The third-order valence-electron chi connectivity index (χ3n) is 10.7. The van der Waals surface area contributed by atoms with Gasteiger partial charge in [0.1, 0.15) is 0 Å². The van der Waals surface area contributed by atoms with Crippen molar-refractivity contribution in [3.63, 3.8) is 0 Å². The van der Waals surface area contributed by atoms with Crippen molar-refractivity contribution in [3.8, 4) is 50.2 Å². The standard InChI is InChI=1S/C50H37NO/c1-32-23-24-38(29-45(32)40-18-12-19-41(33(40)2)47-31-37(27-28-42(47)34(3)52)35-13-5-4-6-14-35)39-26-25-36-15-11-22-50(46(36)30-39)51-48-20-9-7-16-43(48)44-17-8-10-21-49(44)51/h4-31H,1-3H3. The molecule has 0 aliphatic carbocycles. The maximum atomic E-state index is 12.9. The van der Waals surface area contributed by atoms with E-state index in [9.17, 15) is 4.79 Å². The summed E-state index contributed by atoms with van der Waals surface area (Å²) in [5.74, 6) is 0.0640. The lowest BCUT2D eigenvalue weighted by Crippen LogP contribution is -1.99. The van der Waals surface area contributed by atoms with Gasteiger partial charge in [-0.25, -0.2) is 0 Å². The van der Waals surface area contributed by atoms with Gasteiger partial charge in [0.15, 0.2) is 5.78 Å². The topological polar surface area (TPSA) is 22.0 Å². The molecule has 52 heavy (non-hydrogen) atoms. The highest BCUT2D eigenvalue weighted by Crippen LogP contribution is 2.40. The summed E-state index contributed by atoms with van der Waals surface area (Å²) in [6.07, 6.45) is 0. The smallest absolute Gasteiger partial charge is 0.160 e. The van der Waals surface area contributed by atoms with Crippen LogP contribution in [0.2, 0.25) is 0 Å².